The van der Waals surface area contributed by atoms with E-state index < -0.39 is 17.7 Å². The predicted octanol–water partition coefficient (Wildman–Crippen LogP) is 2.88. The van der Waals surface area contributed by atoms with E-state index in [0.29, 0.717) is 17.9 Å². The first-order chi connectivity index (χ1) is 9.86. The molecule has 1 N–H and O–H groups in total. The van der Waals surface area contributed by atoms with Gasteiger partial charge in [0.05, 0.1) is 25.2 Å². The Labute approximate surface area is 124 Å². The Bertz CT molecular complexity index is 523. The first-order valence-electron chi connectivity index (χ1n) is 7.05. The summed E-state index contributed by atoms with van der Waals surface area (Å²) in [5.74, 6) is -0.363. The highest BCUT2D eigenvalue weighted by Gasteiger charge is 2.33. The molecular formula is C16H22O5. The molecule has 5 nitrogen and oxygen atoms in total. The van der Waals surface area contributed by atoms with E-state index in [4.69, 9.17) is 14.2 Å². The smallest absolute Gasteiger partial charge is 0.313 e. The lowest BCUT2D eigenvalue weighted by Gasteiger charge is -2.29. The van der Waals surface area contributed by atoms with Gasteiger partial charge in [0.1, 0.15) is 5.75 Å². The predicted molar refractivity (Wildman–Crippen MR) is 77.5 cm³/mol. The third-order valence-electron chi connectivity index (χ3n) is 3.86. The lowest BCUT2D eigenvalue weighted by Crippen LogP contribution is -2.29. The van der Waals surface area contributed by atoms with E-state index in [9.17, 15) is 9.90 Å². The molecule has 2 atom stereocenters. The Morgan fingerprint density at radius 1 is 1.43 bits per heavy atom. The molecule has 0 bridgehead atoms. The number of carboxylic acids is 1. The number of rotatable bonds is 4. The van der Waals surface area contributed by atoms with Gasteiger partial charge in [-0.05, 0) is 33.3 Å². The molecule has 0 spiro atoms. The molecule has 1 saturated heterocycles. The van der Waals surface area contributed by atoms with Crippen LogP contribution in [0.1, 0.15) is 44.6 Å². The maximum absolute atomic E-state index is 11.4. The highest BCUT2D eigenvalue weighted by molar-refractivity contribution is 5.81. The minimum atomic E-state index is -1.02. The standard InChI is InChI=1S/C16H22O5/c1-10-7-8-20-14(21-10)11-5-6-12(13(9-11)19-4)16(2,3)15(17)18/h5-6,9-10,14H,7-8H2,1-4H3,(H,17,18). The minimum absolute atomic E-state index is 0.143. The Morgan fingerprint density at radius 3 is 2.71 bits per heavy atom. The molecular weight excluding hydrogens is 272 g/mol. The second-order valence-corrected chi connectivity index (χ2v) is 5.83. The highest BCUT2D eigenvalue weighted by Crippen LogP contribution is 2.36. The van der Waals surface area contributed by atoms with Crippen LogP contribution in [-0.2, 0) is 19.7 Å². The molecule has 21 heavy (non-hydrogen) atoms. The molecule has 116 valence electrons. The van der Waals surface area contributed by atoms with Crippen molar-refractivity contribution in [3.05, 3.63) is 29.3 Å². The van der Waals surface area contributed by atoms with Crippen molar-refractivity contribution in [1.82, 2.24) is 0 Å². The van der Waals surface area contributed by atoms with Crippen LogP contribution in [-0.4, -0.2) is 30.9 Å². The van der Waals surface area contributed by atoms with Gasteiger partial charge in [0.25, 0.3) is 0 Å². The zero-order chi connectivity index (χ0) is 15.6. The average Bonchev–Trinajstić information content (AvgIpc) is 2.46. The lowest BCUT2D eigenvalue weighted by molar-refractivity contribution is -0.212. The van der Waals surface area contributed by atoms with Crippen LogP contribution in [0.5, 0.6) is 5.75 Å². The summed E-state index contributed by atoms with van der Waals surface area (Å²) in [4.78, 5) is 11.4. The normalized spacial score (nSPS) is 22.9. The van der Waals surface area contributed by atoms with E-state index in [1.165, 1.54) is 7.11 Å². The molecule has 1 aromatic rings. The van der Waals surface area contributed by atoms with E-state index in [0.717, 1.165) is 12.0 Å². The fourth-order valence-electron chi connectivity index (χ4n) is 2.32. The number of hydrogen-bond acceptors (Lipinski definition) is 4. The molecule has 1 fully saturated rings. The summed E-state index contributed by atoms with van der Waals surface area (Å²) in [5, 5.41) is 9.36. The zero-order valence-corrected chi connectivity index (χ0v) is 12.9. The molecule has 5 heteroatoms. The van der Waals surface area contributed by atoms with Gasteiger partial charge in [0, 0.05) is 11.1 Å². The van der Waals surface area contributed by atoms with E-state index >= 15 is 0 Å². The quantitative estimate of drug-likeness (QED) is 0.925. The van der Waals surface area contributed by atoms with Crippen molar-refractivity contribution in [3.63, 3.8) is 0 Å². The van der Waals surface area contributed by atoms with Crippen molar-refractivity contribution < 1.29 is 24.1 Å². The number of aliphatic carboxylic acids is 1. The summed E-state index contributed by atoms with van der Waals surface area (Å²) in [5.41, 5.74) is 0.444. The van der Waals surface area contributed by atoms with Crippen molar-refractivity contribution in [2.45, 2.75) is 45.0 Å². The Morgan fingerprint density at radius 2 is 2.14 bits per heavy atom. The maximum Gasteiger partial charge on any atom is 0.313 e. The number of benzene rings is 1. The molecule has 0 saturated carbocycles. The summed E-state index contributed by atoms with van der Waals surface area (Å²) in [6, 6.07) is 5.41. The molecule has 2 unspecified atom stereocenters. The fourth-order valence-corrected chi connectivity index (χ4v) is 2.32. The van der Waals surface area contributed by atoms with Crippen LogP contribution in [0.2, 0.25) is 0 Å². The topological polar surface area (TPSA) is 65.0 Å². The summed E-state index contributed by atoms with van der Waals surface area (Å²) in [7, 11) is 1.53. The van der Waals surface area contributed by atoms with E-state index in [1.807, 2.05) is 13.0 Å². The van der Waals surface area contributed by atoms with Crippen LogP contribution < -0.4 is 4.74 Å². The van der Waals surface area contributed by atoms with Crippen LogP contribution in [0.3, 0.4) is 0 Å². The number of methoxy groups -OCH3 is 1. The van der Waals surface area contributed by atoms with Gasteiger partial charge in [-0.2, -0.15) is 0 Å². The van der Waals surface area contributed by atoms with Crippen LogP contribution >= 0.6 is 0 Å². The molecule has 1 aliphatic heterocycles. The minimum Gasteiger partial charge on any atom is -0.496 e. The Hall–Kier alpha value is -1.59. The highest BCUT2D eigenvalue weighted by atomic mass is 16.7. The number of ether oxygens (including phenoxy) is 3. The van der Waals surface area contributed by atoms with Crippen molar-refractivity contribution in [1.29, 1.82) is 0 Å². The van der Waals surface area contributed by atoms with Gasteiger partial charge >= 0.3 is 5.97 Å². The van der Waals surface area contributed by atoms with E-state index in [1.54, 1.807) is 26.0 Å². The third kappa shape index (κ3) is 3.19. The average molecular weight is 294 g/mol. The van der Waals surface area contributed by atoms with Crippen LogP contribution in [0.25, 0.3) is 0 Å². The van der Waals surface area contributed by atoms with Gasteiger partial charge in [-0.15, -0.1) is 0 Å². The second kappa shape index (κ2) is 6.03. The Kier molecular flexibility index (Phi) is 4.54. The van der Waals surface area contributed by atoms with Gasteiger partial charge in [-0.1, -0.05) is 12.1 Å². The Balaban J connectivity index is 2.34. The molecule has 1 aliphatic rings. The number of carboxylic acid groups (broad SMARTS) is 1. The van der Waals surface area contributed by atoms with Crippen molar-refractivity contribution in [2.24, 2.45) is 0 Å². The zero-order valence-electron chi connectivity index (χ0n) is 12.9. The van der Waals surface area contributed by atoms with E-state index in [2.05, 4.69) is 0 Å². The van der Waals surface area contributed by atoms with Crippen molar-refractivity contribution in [3.8, 4) is 5.75 Å². The molecule has 2 rings (SSSR count). The molecule has 0 aromatic heterocycles. The molecule has 0 radical (unpaired) electrons. The van der Waals surface area contributed by atoms with Crippen molar-refractivity contribution in [2.75, 3.05) is 13.7 Å². The van der Waals surface area contributed by atoms with Gasteiger partial charge in [0.15, 0.2) is 6.29 Å². The van der Waals surface area contributed by atoms with Crippen LogP contribution in [0.4, 0.5) is 0 Å². The first kappa shape index (κ1) is 15.8. The maximum atomic E-state index is 11.4. The van der Waals surface area contributed by atoms with Gasteiger partial charge < -0.3 is 19.3 Å². The monoisotopic (exact) mass is 294 g/mol. The summed E-state index contributed by atoms with van der Waals surface area (Å²) >= 11 is 0. The molecule has 0 amide bonds. The summed E-state index contributed by atoms with van der Waals surface area (Å²) in [6.45, 7) is 5.97. The summed E-state index contributed by atoms with van der Waals surface area (Å²) in [6.07, 6.45) is 0.590. The second-order valence-electron chi connectivity index (χ2n) is 5.83. The van der Waals surface area contributed by atoms with Crippen LogP contribution in [0.15, 0.2) is 18.2 Å². The molecule has 1 heterocycles. The van der Waals surface area contributed by atoms with Gasteiger partial charge in [0.2, 0.25) is 0 Å². The van der Waals surface area contributed by atoms with Crippen molar-refractivity contribution >= 4 is 5.97 Å². The van der Waals surface area contributed by atoms with Gasteiger partial charge in [-0.25, -0.2) is 0 Å². The van der Waals surface area contributed by atoms with Crippen LogP contribution in [0, 0.1) is 0 Å². The molecule has 0 aliphatic carbocycles. The van der Waals surface area contributed by atoms with E-state index in [-0.39, 0.29) is 6.10 Å². The fraction of sp³-hybridized carbons (Fsp3) is 0.562. The largest absolute Gasteiger partial charge is 0.496 e. The number of carbonyl (C=O) groups is 1. The summed E-state index contributed by atoms with van der Waals surface area (Å²) < 4.78 is 16.7. The lowest BCUT2D eigenvalue weighted by atomic mass is 9.83. The third-order valence-corrected chi connectivity index (χ3v) is 3.86. The molecule has 1 aromatic carbocycles. The number of hydrogen-bond donors (Lipinski definition) is 1. The SMILES string of the molecule is COc1cc(C2OCCC(C)O2)ccc1C(C)(C)C(=O)O. The first-order valence-corrected chi connectivity index (χ1v) is 7.05. The van der Waals surface area contributed by atoms with Gasteiger partial charge in [-0.3, -0.25) is 4.79 Å².